The van der Waals surface area contributed by atoms with Crippen molar-refractivity contribution in [2.75, 3.05) is 0 Å². The summed E-state index contributed by atoms with van der Waals surface area (Å²) in [5.41, 5.74) is 3.79. The number of imidazole rings is 1. The highest BCUT2D eigenvalue weighted by atomic mass is 16.3. The minimum absolute atomic E-state index is 0.244. The van der Waals surface area contributed by atoms with Crippen LogP contribution in [0.1, 0.15) is 33.5 Å². The van der Waals surface area contributed by atoms with Gasteiger partial charge in [0.25, 0.3) is 5.91 Å². The van der Waals surface area contributed by atoms with Crippen molar-refractivity contribution in [2.45, 2.75) is 13.0 Å². The molecule has 0 saturated heterocycles. The molecular formula is C20H17N3O2. The molecular weight excluding hydrogens is 314 g/mol. The highest BCUT2D eigenvalue weighted by molar-refractivity contribution is 5.92. The fourth-order valence-electron chi connectivity index (χ4n) is 2.90. The highest BCUT2D eigenvalue weighted by Gasteiger charge is 2.20. The van der Waals surface area contributed by atoms with Gasteiger partial charge in [0.1, 0.15) is 5.76 Å². The van der Waals surface area contributed by atoms with Gasteiger partial charge in [0.15, 0.2) is 5.76 Å². The van der Waals surface area contributed by atoms with E-state index in [1.807, 2.05) is 55.5 Å². The van der Waals surface area contributed by atoms with E-state index in [-0.39, 0.29) is 11.9 Å². The summed E-state index contributed by atoms with van der Waals surface area (Å²) in [7, 11) is 0. The Morgan fingerprint density at radius 1 is 1.08 bits per heavy atom. The van der Waals surface area contributed by atoms with Crippen molar-refractivity contribution >= 4 is 16.9 Å². The van der Waals surface area contributed by atoms with Gasteiger partial charge in [0.05, 0.1) is 23.4 Å². The van der Waals surface area contributed by atoms with Gasteiger partial charge < -0.3 is 14.7 Å². The zero-order valence-electron chi connectivity index (χ0n) is 13.7. The molecule has 2 heterocycles. The van der Waals surface area contributed by atoms with Gasteiger partial charge in [-0.05, 0) is 42.3 Å². The molecule has 0 aliphatic heterocycles. The molecule has 0 saturated carbocycles. The van der Waals surface area contributed by atoms with E-state index in [0.29, 0.717) is 11.5 Å². The van der Waals surface area contributed by atoms with Crippen LogP contribution in [0.15, 0.2) is 71.4 Å². The summed E-state index contributed by atoms with van der Waals surface area (Å²) < 4.78 is 5.45. The van der Waals surface area contributed by atoms with E-state index in [9.17, 15) is 4.79 Å². The first kappa shape index (κ1) is 15.2. The summed E-state index contributed by atoms with van der Waals surface area (Å²) in [5, 5.41) is 3.07. The molecule has 0 unspecified atom stereocenters. The molecule has 1 amide bonds. The van der Waals surface area contributed by atoms with Gasteiger partial charge in [0.2, 0.25) is 0 Å². The van der Waals surface area contributed by atoms with Gasteiger partial charge in [-0.1, -0.05) is 36.4 Å². The van der Waals surface area contributed by atoms with Crippen LogP contribution in [0.5, 0.6) is 0 Å². The number of aromatic amines is 1. The van der Waals surface area contributed by atoms with Crippen LogP contribution in [-0.4, -0.2) is 15.9 Å². The third-order valence-electron chi connectivity index (χ3n) is 4.15. The van der Waals surface area contributed by atoms with Crippen molar-refractivity contribution in [3.05, 3.63) is 89.6 Å². The van der Waals surface area contributed by atoms with Crippen molar-refractivity contribution in [1.82, 2.24) is 15.3 Å². The number of carbonyl (C=O) groups is 1. The number of rotatable bonds is 4. The molecule has 2 aromatic heterocycles. The van der Waals surface area contributed by atoms with E-state index in [2.05, 4.69) is 15.3 Å². The van der Waals surface area contributed by atoms with Crippen LogP contribution < -0.4 is 5.32 Å². The molecule has 0 spiro atoms. The summed E-state index contributed by atoms with van der Waals surface area (Å²) in [6.07, 6.45) is 1.66. The molecule has 0 radical (unpaired) electrons. The second-order valence-corrected chi connectivity index (χ2v) is 5.91. The molecule has 124 valence electrons. The topological polar surface area (TPSA) is 70.9 Å². The Hall–Kier alpha value is -3.34. The van der Waals surface area contributed by atoms with Crippen LogP contribution in [0.2, 0.25) is 0 Å². The fraction of sp³-hybridized carbons (Fsp3) is 0.100. The molecule has 5 nitrogen and oxygen atoms in total. The number of amides is 1. The van der Waals surface area contributed by atoms with Crippen molar-refractivity contribution in [2.24, 2.45) is 0 Å². The molecule has 2 aromatic carbocycles. The Kier molecular flexibility index (Phi) is 3.82. The standard InChI is InChI=1S/C20H17N3O2/c1-13-7-10-18(25-13)20(24)23-19(14-5-3-2-4-6-14)15-8-9-16-17(11-15)22-12-21-16/h2-12,19H,1H3,(H,21,22)(H,23,24)/t19-/m1/s1. The second kappa shape index (κ2) is 6.28. The number of nitrogens with zero attached hydrogens (tertiary/aromatic N) is 1. The van der Waals surface area contributed by atoms with E-state index in [1.54, 1.807) is 18.5 Å². The monoisotopic (exact) mass is 331 g/mol. The summed E-state index contributed by atoms with van der Waals surface area (Å²) >= 11 is 0. The molecule has 1 atom stereocenters. The largest absolute Gasteiger partial charge is 0.456 e. The fourth-order valence-corrected chi connectivity index (χ4v) is 2.90. The predicted octanol–water partition coefficient (Wildman–Crippen LogP) is 3.98. The first-order valence-electron chi connectivity index (χ1n) is 8.06. The maximum absolute atomic E-state index is 12.6. The second-order valence-electron chi connectivity index (χ2n) is 5.91. The average Bonchev–Trinajstić information content (AvgIpc) is 3.28. The summed E-state index contributed by atoms with van der Waals surface area (Å²) in [6.45, 7) is 1.82. The van der Waals surface area contributed by atoms with Crippen LogP contribution in [0.3, 0.4) is 0 Å². The predicted molar refractivity (Wildman–Crippen MR) is 95.3 cm³/mol. The molecule has 5 heteroatoms. The first-order valence-corrected chi connectivity index (χ1v) is 8.06. The lowest BCUT2D eigenvalue weighted by molar-refractivity contribution is 0.0913. The number of aromatic nitrogens is 2. The number of aryl methyl sites for hydroxylation is 1. The number of carbonyl (C=O) groups excluding carboxylic acids is 1. The van der Waals surface area contributed by atoms with Crippen molar-refractivity contribution in [1.29, 1.82) is 0 Å². The van der Waals surface area contributed by atoms with Crippen LogP contribution >= 0.6 is 0 Å². The number of nitrogens with one attached hydrogen (secondary N) is 2. The molecule has 4 aromatic rings. The summed E-state index contributed by atoms with van der Waals surface area (Å²) in [5.74, 6) is 0.771. The van der Waals surface area contributed by atoms with Crippen LogP contribution in [-0.2, 0) is 0 Å². The van der Waals surface area contributed by atoms with Crippen molar-refractivity contribution in [3.8, 4) is 0 Å². The normalized spacial score (nSPS) is 12.2. The van der Waals surface area contributed by atoms with Crippen LogP contribution in [0, 0.1) is 6.92 Å². The Balaban J connectivity index is 1.72. The van der Waals surface area contributed by atoms with Gasteiger partial charge >= 0.3 is 0 Å². The lowest BCUT2D eigenvalue weighted by Gasteiger charge is -2.19. The molecule has 0 bridgehead atoms. The minimum atomic E-state index is -0.285. The number of H-pyrrole nitrogens is 1. The summed E-state index contributed by atoms with van der Waals surface area (Å²) in [4.78, 5) is 20.0. The van der Waals surface area contributed by atoms with Gasteiger partial charge in [-0.25, -0.2) is 4.98 Å². The maximum Gasteiger partial charge on any atom is 0.287 e. The number of hydrogen-bond donors (Lipinski definition) is 2. The zero-order valence-corrected chi connectivity index (χ0v) is 13.7. The SMILES string of the molecule is Cc1ccc(C(=O)N[C@H](c2ccccc2)c2ccc3nc[nH]c3c2)o1. The number of hydrogen-bond acceptors (Lipinski definition) is 3. The summed E-state index contributed by atoms with van der Waals surface area (Å²) in [6, 6.07) is 19.0. The van der Waals surface area contributed by atoms with Crippen LogP contribution in [0.4, 0.5) is 0 Å². The molecule has 0 fully saturated rings. The molecule has 0 aliphatic rings. The Morgan fingerprint density at radius 2 is 1.92 bits per heavy atom. The molecule has 0 aliphatic carbocycles. The lowest BCUT2D eigenvalue weighted by atomic mass is 9.98. The smallest absolute Gasteiger partial charge is 0.287 e. The van der Waals surface area contributed by atoms with Gasteiger partial charge in [-0.3, -0.25) is 4.79 Å². The zero-order chi connectivity index (χ0) is 17.2. The maximum atomic E-state index is 12.6. The van der Waals surface area contributed by atoms with E-state index >= 15 is 0 Å². The third kappa shape index (κ3) is 3.04. The van der Waals surface area contributed by atoms with Crippen molar-refractivity contribution < 1.29 is 9.21 Å². The lowest BCUT2D eigenvalue weighted by Crippen LogP contribution is -2.29. The Bertz CT molecular complexity index is 1020. The van der Waals surface area contributed by atoms with Crippen molar-refractivity contribution in [3.63, 3.8) is 0 Å². The minimum Gasteiger partial charge on any atom is -0.456 e. The number of benzene rings is 2. The number of fused-ring (bicyclic) bond motifs is 1. The van der Waals surface area contributed by atoms with Gasteiger partial charge in [0, 0.05) is 0 Å². The van der Waals surface area contributed by atoms with E-state index < -0.39 is 0 Å². The van der Waals surface area contributed by atoms with E-state index in [0.717, 1.165) is 22.2 Å². The first-order chi connectivity index (χ1) is 12.2. The number of furan rings is 1. The highest BCUT2D eigenvalue weighted by Crippen LogP contribution is 2.25. The molecule has 2 N–H and O–H groups in total. The average molecular weight is 331 g/mol. The third-order valence-corrected chi connectivity index (χ3v) is 4.15. The van der Waals surface area contributed by atoms with E-state index in [4.69, 9.17) is 4.42 Å². The van der Waals surface area contributed by atoms with Gasteiger partial charge in [-0.15, -0.1) is 0 Å². The Morgan fingerprint density at radius 3 is 2.68 bits per heavy atom. The molecule has 4 rings (SSSR count). The Labute approximate surface area is 144 Å². The molecule has 25 heavy (non-hydrogen) atoms. The van der Waals surface area contributed by atoms with E-state index in [1.165, 1.54) is 0 Å². The quantitative estimate of drug-likeness (QED) is 0.594. The van der Waals surface area contributed by atoms with Gasteiger partial charge in [-0.2, -0.15) is 0 Å². The van der Waals surface area contributed by atoms with Crippen LogP contribution in [0.25, 0.3) is 11.0 Å².